The van der Waals surface area contributed by atoms with Crippen molar-refractivity contribution in [2.45, 2.75) is 20.8 Å². The summed E-state index contributed by atoms with van der Waals surface area (Å²) in [6.07, 6.45) is 1.59. The Kier molecular flexibility index (Phi) is 4.45. The highest BCUT2D eigenvalue weighted by Gasteiger charge is 2.29. The molecule has 1 aromatic heterocycles. The molecule has 1 aromatic rings. The van der Waals surface area contributed by atoms with Crippen LogP contribution in [0.5, 0.6) is 0 Å². The first-order valence-electron chi connectivity index (χ1n) is 4.95. The number of rotatable bonds is 5. The van der Waals surface area contributed by atoms with E-state index < -0.39 is 7.60 Å². The van der Waals surface area contributed by atoms with Crippen LogP contribution in [-0.2, 0) is 13.6 Å². The first kappa shape index (κ1) is 12.4. The second kappa shape index (κ2) is 5.40. The molecule has 0 amide bonds. The van der Waals surface area contributed by atoms with Gasteiger partial charge in [-0.3, -0.25) is 4.57 Å². The van der Waals surface area contributed by atoms with Gasteiger partial charge in [0.2, 0.25) is 0 Å². The molecule has 0 fully saturated rings. The van der Waals surface area contributed by atoms with Gasteiger partial charge in [-0.05, 0) is 32.4 Å². The van der Waals surface area contributed by atoms with E-state index in [9.17, 15) is 4.57 Å². The molecule has 0 N–H and O–H groups in total. The van der Waals surface area contributed by atoms with Gasteiger partial charge in [0, 0.05) is 6.20 Å². The van der Waals surface area contributed by atoms with Crippen molar-refractivity contribution in [2.75, 3.05) is 13.2 Å². The molecule has 0 saturated heterocycles. The van der Waals surface area contributed by atoms with Gasteiger partial charge < -0.3 is 9.05 Å². The van der Waals surface area contributed by atoms with E-state index in [0.717, 1.165) is 5.56 Å². The van der Waals surface area contributed by atoms with Crippen molar-refractivity contribution in [3.63, 3.8) is 0 Å². The molecule has 0 spiro atoms. The van der Waals surface area contributed by atoms with Crippen molar-refractivity contribution in [1.29, 1.82) is 0 Å². The van der Waals surface area contributed by atoms with Crippen LogP contribution >= 0.6 is 7.60 Å². The van der Waals surface area contributed by atoms with Gasteiger partial charge in [-0.1, -0.05) is 6.07 Å². The van der Waals surface area contributed by atoms with Crippen LogP contribution in [0.15, 0.2) is 18.3 Å². The molecule has 0 atom stereocenters. The first-order valence-corrected chi connectivity index (χ1v) is 6.49. The van der Waals surface area contributed by atoms with Gasteiger partial charge in [0.1, 0.15) is 0 Å². The molecule has 84 valence electrons. The molecular formula is C10H16NO3P. The summed E-state index contributed by atoms with van der Waals surface area (Å²) >= 11 is 0. The lowest BCUT2D eigenvalue weighted by atomic mass is 10.3. The van der Waals surface area contributed by atoms with Crippen LogP contribution in [0, 0.1) is 6.92 Å². The maximum absolute atomic E-state index is 12.3. The van der Waals surface area contributed by atoms with Gasteiger partial charge in [0.25, 0.3) is 0 Å². The van der Waals surface area contributed by atoms with E-state index in [-0.39, 0.29) is 0 Å². The molecule has 0 bridgehead atoms. The predicted molar refractivity (Wildman–Crippen MR) is 59.5 cm³/mol. The highest BCUT2D eigenvalue weighted by Crippen LogP contribution is 2.46. The largest absolute Gasteiger partial charge is 0.379 e. The number of pyridine rings is 1. The summed E-state index contributed by atoms with van der Waals surface area (Å²) in [7, 11) is -3.22. The molecule has 0 aliphatic rings. The van der Waals surface area contributed by atoms with Crippen molar-refractivity contribution in [1.82, 2.24) is 4.98 Å². The summed E-state index contributed by atoms with van der Waals surface area (Å²) < 4.78 is 22.7. The molecule has 0 aliphatic heterocycles. The average molecular weight is 229 g/mol. The summed E-state index contributed by atoms with van der Waals surface area (Å²) in [4.78, 5) is 4.07. The van der Waals surface area contributed by atoms with Crippen LogP contribution in [-0.4, -0.2) is 18.2 Å². The molecule has 1 rings (SSSR count). The molecule has 1 heterocycles. The number of aryl methyl sites for hydroxylation is 1. The number of hydrogen-bond donors (Lipinski definition) is 0. The Bertz CT molecular complexity index is 357. The molecule has 0 radical (unpaired) electrons. The zero-order valence-corrected chi connectivity index (χ0v) is 10.2. The lowest BCUT2D eigenvalue weighted by Gasteiger charge is -2.17. The standard InChI is InChI=1S/C10H16NO3P/c1-4-13-15(12,14-5-2)10-9(3)7-6-8-11-10/h6-8H,4-5H2,1-3H3. The van der Waals surface area contributed by atoms with E-state index in [4.69, 9.17) is 9.05 Å². The SMILES string of the molecule is CCOP(=O)(OCC)c1ncccc1C. The number of nitrogens with zero attached hydrogens (tertiary/aromatic N) is 1. The van der Waals surface area contributed by atoms with Crippen LogP contribution in [0.1, 0.15) is 19.4 Å². The fourth-order valence-electron chi connectivity index (χ4n) is 1.26. The van der Waals surface area contributed by atoms with Crippen molar-refractivity contribution in [2.24, 2.45) is 0 Å². The summed E-state index contributed by atoms with van der Waals surface area (Å²) in [5.41, 5.74) is 1.23. The number of hydrogen-bond acceptors (Lipinski definition) is 4. The maximum Gasteiger partial charge on any atom is 0.379 e. The molecule has 0 saturated carbocycles. The van der Waals surface area contributed by atoms with E-state index in [1.54, 1.807) is 26.1 Å². The molecule has 15 heavy (non-hydrogen) atoms. The van der Waals surface area contributed by atoms with Gasteiger partial charge in [0.05, 0.1) is 13.2 Å². The van der Waals surface area contributed by atoms with Crippen LogP contribution in [0.3, 0.4) is 0 Å². The van der Waals surface area contributed by atoms with Gasteiger partial charge in [-0.2, -0.15) is 0 Å². The fraction of sp³-hybridized carbons (Fsp3) is 0.500. The lowest BCUT2D eigenvalue weighted by molar-refractivity contribution is 0.229. The van der Waals surface area contributed by atoms with E-state index >= 15 is 0 Å². The highest BCUT2D eigenvalue weighted by atomic mass is 31.2. The topological polar surface area (TPSA) is 48.4 Å². The van der Waals surface area contributed by atoms with Crippen molar-refractivity contribution >= 4 is 13.0 Å². The van der Waals surface area contributed by atoms with Crippen LogP contribution in [0.25, 0.3) is 0 Å². The Morgan fingerprint density at radius 1 is 1.33 bits per heavy atom. The van der Waals surface area contributed by atoms with Crippen molar-refractivity contribution < 1.29 is 13.6 Å². The molecule has 0 aromatic carbocycles. The third-order valence-electron chi connectivity index (χ3n) is 1.84. The smallest absolute Gasteiger partial charge is 0.304 e. The second-order valence-corrected chi connectivity index (χ2v) is 4.91. The molecule has 0 unspecified atom stereocenters. The Balaban J connectivity index is 3.09. The van der Waals surface area contributed by atoms with Crippen LogP contribution in [0.2, 0.25) is 0 Å². The summed E-state index contributed by atoms with van der Waals surface area (Å²) in [5.74, 6) is 0. The zero-order valence-electron chi connectivity index (χ0n) is 9.27. The summed E-state index contributed by atoms with van der Waals surface area (Å²) in [5, 5.41) is 0. The van der Waals surface area contributed by atoms with Crippen molar-refractivity contribution in [3.05, 3.63) is 23.9 Å². The van der Waals surface area contributed by atoms with E-state index in [1.807, 2.05) is 13.0 Å². The molecule has 4 nitrogen and oxygen atoms in total. The maximum atomic E-state index is 12.3. The fourth-order valence-corrected chi connectivity index (χ4v) is 2.98. The summed E-state index contributed by atoms with van der Waals surface area (Å²) in [6.45, 7) is 6.08. The van der Waals surface area contributed by atoms with Gasteiger partial charge in [-0.15, -0.1) is 0 Å². The Labute approximate surface area is 90.2 Å². The van der Waals surface area contributed by atoms with E-state index in [0.29, 0.717) is 18.6 Å². The minimum Gasteiger partial charge on any atom is -0.304 e. The Hall–Kier alpha value is -0.700. The summed E-state index contributed by atoms with van der Waals surface area (Å²) in [6, 6.07) is 3.63. The normalized spacial score (nSPS) is 11.7. The third-order valence-corrected chi connectivity index (χ3v) is 4.02. The Morgan fingerprint density at radius 3 is 2.40 bits per heavy atom. The van der Waals surface area contributed by atoms with Gasteiger partial charge >= 0.3 is 7.60 Å². The first-order chi connectivity index (χ1) is 7.14. The predicted octanol–water partition coefficient (Wildman–Crippen LogP) is 2.28. The van der Waals surface area contributed by atoms with Gasteiger partial charge in [-0.25, -0.2) is 4.98 Å². The van der Waals surface area contributed by atoms with Gasteiger partial charge in [0.15, 0.2) is 5.44 Å². The monoisotopic (exact) mass is 229 g/mol. The second-order valence-electron chi connectivity index (χ2n) is 2.98. The minimum absolute atomic E-state index is 0.341. The zero-order chi connectivity index (χ0) is 11.3. The molecular weight excluding hydrogens is 213 g/mol. The van der Waals surface area contributed by atoms with Crippen LogP contribution < -0.4 is 5.44 Å². The molecule has 0 aliphatic carbocycles. The Morgan fingerprint density at radius 2 is 1.93 bits per heavy atom. The highest BCUT2D eigenvalue weighted by molar-refractivity contribution is 7.62. The van der Waals surface area contributed by atoms with Crippen molar-refractivity contribution in [3.8, 4) is 0 Å². The molecule has 5 heteroatoms. The minimum atomic E-state index is -3.22. The average Bonchev–Trinajstić information content (AvgIpc) is 2.19. The lowest BCUT2D eigenvalue weighted by Crippen LogP contribution is -2.17. The van der Waals surface area contributed by atoms with E-state index in [2.05, 4.69) is 4.98 Å². The number of aromatic nitrogens is 1. The third kappa shape index (κ3) is 2.88. The van der Waals surface area contributed by atoms with E-state index in [1.165, 1.54) is 0 Å². The van der Waals surface area contributed by atoms with Crippen LogP contribution in [0.4, 0.5) is 0 Å². The quantitative estimate of drug-likeness (QED) is 0.727.